The Labute approximate surface area is 109 Å². The molecule has 0 aliphatic heterocycles. The zero-order valence-corrected chi connectivity index (χ0v) is 11.2. The van der Waals surface area contributed by atoms with E-state index in [-0.39, 0.29) is 11.9 Å². The van der Waals surface area contributed by atoms with Gasteiger partial charge in [-0.25, -0.2) is 0 Å². The first-order chi connectivity index (χ1) is 8.65. The second-order valence-electron chi connectivity index (χ2n) is 5.33. The highest BCUT2D eigenvalue weighted by atomic mass is 16.1. The van der Waals surface area contributed by atoms with E-state index in [4.69, 9.17) is 0 Å². The van der Waals surface area contributed by atoms with Gasteiger partial charge in [-0.3, -0.25) is 4.79 Å². The van der Waals surface area contributed by atoms with Crippen LogP contribution < -0.4 is 10.6 Å². The molecule has 0 spiro atoms. The Bertz CT molecular complexity index is 391. The highest BCUT2D eigenvalue weighted by Crippen LogP contribution is 2.22. The number of hydrogen-bond donors (Lipinski definition) is 2. The first-order valence-corrected chi connectivity index (χ1v) is 6.82. The number of rotatable bonds is 4. The molecular formula is C15H22N2O. The molecule has 1 saturated carbocycles. The van der Waals surface area contributed by atoms with Crippen molar-refractivity contribution in [2.45, 2.75) is 51.6 Å². The predicted octanol–water partition coefficient (Wildman–Crippen LogP) is 3.18. The normalized spacial score (nSPS) is 15.9. The third-order valence-corrected chi connectivity index (χ3v) is 3.29. The van der Waals surface area contributed by atoms with Crippen molar-refractivity contribution in [1.29, 1.82) is 0 Å². The maximum atomic E-state index is 11.8. The van der Waals surface area contributed by atoms with Crippen molar-refractivity contribution in [3.8, 4) is 0 Å². The van der Waals surface area contributed by atoms with E-state index in [1.807, 2.05) is 38.1 Å². The van der Waals surface area contributed by atoms with Gasteiger partial charge in [-0.2, -0.15) is 0 Å². The number of benzene rings is 1. The predicted molar refractivity (Wildman–Crippen MR) is 74.9 cm³/mol. The van der Waals surface area contributed by atoms with E-state index in [1.54, 1.807) is 0 Å². The molecule has 18 heavy (non-hydrogen) atoms. The molecule has 3 nitrogen and oxygen atoms in total. The van der Waals surface area contributed by atoms with Gasteiger partial charge in [0, 0.05) is 23.3 Å². The van der Waals surface area contributed by atoms with E-state index in [1.165, 1.54) is 25.7 Å². The van der Waals surface area contributed by atoms with Crippen molar-refractivity contribution in [1.82, 2.24) is 5.32 Å². The van der Waals surface area contributed by atoms with Crippen molar-refractivity contribution in [2.75, 3.05) is 5.32 Å². The van der Waals surface area contributed by atoms with Gasteiger partial charge in [-0.1, -0.05) is 12.8 Å². The van der Waals surface area contributed by atoms with Gasteiger partial charge in [-0.15, -0.1) is 0 Å². The van der Waals surface area contributed by atoms with Gasteiger partial charge in [0.15, 0.2) is 0 Å². The number of carbonyl (C=O) groups is 1. The quantitative estimate of drug-likeness (QED) is 0.856. The largest absolute Gasteiger partial charge is 0.382 e. The molecule has 2 N–H and O–H groups in total. The van der Waals surface area contributed by atoms with E-state index in [9.17, 15) is 4.79 Å². The van der Waals surface area contributed by atoms with Gasteiger partial charge in [0.05, 0.1) is 0 Å². The van der Waals surface area contributed by atoms with Crippen LogP contribution in [0, 0.1) is 0 Å². The van der Waals surface area contributed by atoms with Crippen LogP contribution in [0.15, 0.2) is 24.3 Å². The van der Waals surface area contributed by atoms with E-state index in [2.05, 4.69) is 10.6 Å². The molecule has 0 saturated heterocycles. The summed E-state index contributed by atoms with van der Waals surface area (Å²) >= 11 is 0. The van der Waals surface area contributed by atoms with Crippen LogP contribution >= 0.6 is 0 Å². The summed E-state index contributed by atoms with van der Waals surface area (Å²) in [6.07, 6.45) is 5.17. The molecule has 0 heterocycles. The van der Waals surface area contributed by atoms with Crippen LogP contribution in [-0.4, -0.2) is 18.0 Å². The Balaban J connectivity index is 1.94. The summed E-state index contributed by atoms with van der Waals surface area (Å²) in [5.74, 6) is -0.00239. The monoisotopic (exact) mass is 246 g/mol. The fraction of sp³-hybridized carbons (Fsp3) is 0.533. The van der Waals surface area contributed by atoms with E-state index < -0.39 is 0 Å². The highest BCUT2D eigenvalue weighted by Gasteiger charge is 2.14. The minimum atomic E-state index is -0.00239. The van der Waals surface area contributed by atoms with E-state index in [0.717, 1.165) is 11.3 Å². The second-order valence-corrected chi connectivity index (χ2v) is 5.33. The minimum absolute atomic E-state index is 0.00239. The van der Waals surface area contributed by atoms with Crippen LogP contribution in [0.1, 0.15) is 49.9 Å². The maximum Gasteiger partial charge on any atom is 0.251 e. The van der Waals surface area contributed by atoms with Crippen LogP contribution in [0.5, 0.6) is 0 Å². The van der Waals surface area contributed by atoms with E-state index >= 15 is 0 Å². The number of nitrogens with one attached hydrogen (secondary N) is 2. The van der Waals surface area contributed by atoms with Crippen LogP contribution in [0.2, 0.25) is 0 Å². The van der Waals surface area contributed by atoms with Crippen molar-refractivity contribution in [3.05, 3.63) is 29.8 Å². The number of anilines is 1. The van der Waals surface area contributed by atoms with E-state index in [0.29, 0.717) is 6.04 Å². The SMILES string of the molecule is CC(C)NC(=O)c1ccc(NC2CCCC2)cc1. The van der Waals surface area contributed by atoms with Gasteiger partial charge in [0.2, 0.25) is 0 Å². The lowest BCUT2D eigenvalue weighted by Gasteiger charge is -2.14. The molecular weight excluding hydrogens is 224 g/mol. The maximum absolute atomic E-state index is 11.8. The summed E-state index contributed by atoms with van der Waals surface area (Å²) in [5.41, 5.74) is 1.84. The fourth-order valence-electron chi connectivity index (χ4n) is 2.37. The molecule has 0 atom stereocenters. The first kappa shape index (κ1) is 12.9. The smallest absolute Gasteiger partial charge is 0.251 e. The Morgan fingerprint density at radius 1 is 1.17 bits per heavy atom. The molecule has 1 aromatic carbocycles. The first-order valence-electron chi connectivity index (χ1n) is 6.82. The second kappa shape index (κ2) is 5.89. The molecule has 0 bridgehead atoms. The van der Waals surface area contributed by atoms with Crippen LogP contribution in [0.25, 0.3) is 0 Å². The van der Waals surface area contributed by atoms with Gasteiger partial charge in [0.1, 0.15) is 0 Å². The molecule has 0 unspecified atom stereocenters. The van der Waals surface area contributed by atoms with Crippen molar-refractivity contribution < 1.29 is 4.79 Å². The fourth-order valence-corrected chi connectivity index (χ4v) is 2.37. The Hall–Kier alpha value is -1.51. The lowest BCUT2D eigenvalue weighted by atomic mass is 10.1. The van der Waals surface area contributed by atoms with Crippen LogP contribution in [-0.2, 0) is 0 Å². The van der Waals surface area contributed by atoms with Crippen molar-refractivity contribution in [2.24, 2.45) is 0 Å². The third kappa shape index (κ3) is 3.49. The average molecular weight is 246 g/mol. The summed E-state index contributed by atoms with van der Waals surface area (Å²) in [4.78, 5) is 11.8. The van der Waals surface area contributed by atoms with Gasteiger partial charge in [0.25, 0.3) is 5.91 Å². The lowest BCUT2D eigenvalue weighted by Crippen LogP contribution is -2.30. The molecule has 1 amide bonds. The minimum Gasteiger partial charge on any atom is -0.382 e. The molecule has 1 fully saturated rings. The number of carbonyl (C=O) groups excluding carboxylic acids is 1. The molecule has 1 aliphatic carbocycles. The van der Waals surface area contributed by atoms with Gasteiger partial charge >= 0.3 is 0 Å². The molecule has 1 aromatic rings. The zero-order valence-electron chi connectivity index (χ0n) is 11.2. The Morgan fingerprint density at radius 2 is 1.78 bits per heavy atom. The summed E-state index contributed by atoms with van der Waals surface area (Å²) in [6, 6.07) is 8.54. The van der Waals surface area contributed by atoms with Gasteiger partial charge in [-0.05, 0) is 51.0 Å². The van der Waals surface area contributed by atoms with Crippen LogP contribution in [0.4, 0.5) is 5.69 Å². The van der Waals surface area contributed by atoms with Crippen LogP contribution in [0.3, 0.4) is 0 Å². The Morgan fingerprint density at radius 3 is 2.33 bits per heavy atom. The number of amides is 1. The average Bonchev–Trinajstić information content (AvgIpc) is 2.82. The zero-order chi connectivity index (χ0) is 13.0. The summed E-state index contributed by atoms with van der Waals surface area (Å²) < 4.78 is 0. The molecule has 0 radical (unpaired) electrons. The van der Waals surface area contributed by atoms with Gasteiger partial charge < -0.3 is 10.6 Å². The lowest BCUT2D eigenvalue weighted by molar-refractivity contribution is 0.0943. The van der Waals surface area contributed by atoms with Crippen molar-refractivity contribution in [3.63, 3.8) is 0 Å². The summed E-state index contributed by atoms with van der Waals surface area (Å²) in [6.45, 7) is 3.93. The molecule has 98 valence electrons. The topological polar surface area (TPSA) is 41.1 Å². The number of hydrogen-bond acceptors (Lipinski definition) is 2. The Kier molecular flexibility index (Phi) is 4.24. The summed E-state index contributed by atoms with van der Waals surface area (Å²) in [7, 11) is 0. The summed E-state index contributed by atoms with van der Waals surface area (Å²) in [5, 5.41) is 6.41. The van der Waals surface area contributed by atoms with Crippen molar-refractivity contribution >= 4 is 11.6 Å². The molecule has 1 aliphatic rings. The molecule has 0 aromatic heterocycles. The third-order valence-electron chi connectivity index (χ3n) is 3.29. The molecule has 2 rings (SSSR count). The highest BCUT2D eigenvalue weighted by molar-refractivity contribution is 5.94. The standard InChI is InChI=1S/C15H22N2O/c1-11(2)16-15(18)12-7-9-14(10-8-12)17-13-5-3-4-6-13/h7-11,13,17H,3-6H2,1-2H3,(H,16,18). The molecule has 3 heteroatoms.